The van der Waals surface area contributed by atoms with Crippen LogP contribution in [0.5, 0.6) is 5.75 Å². The van der Waals surface area contributed by atoms with Crippen molar-refractivity contribution in [2.75, 3.05) is 12.3 Å². The van der Waals surface area contributed by atoms with E-state index in [1.165, 1.54) is 28.9 Å². The third kappa shape index (κ3) is 4.28. The van der Waals surface area contributed by atoms with Crippen LogP contribution in [0.1, 0.15) is 48.9 Å². The van der Waals surface area contributed by atoms with Crippen LogP contribution in [-0.2, 0) is 6.42 Å². The fourth-order valence-electron chi connectivity index (χ4n) is 3.85. The van der Waals surface area contributed by atoms with Crippen LogP contribution in [0.4, 0.5) is 19.0 Å². The van der Waals surface area contributed by atoms with Crippen LogP contribution in [0.25, 0.3) is 11.4 Å². The van der Waals surface area contributed by atoms with Gasteiger partial charge in [0, 0.05) is 47.9 Å². The molecular formula is C23H23F3N6O. The summed E-state index contributed by atoms with van der Waals surface area (Å²) in [6, 6.07) is 6.99. The van der Waals surface area contributed by atoms with E-state index in [-0.39, 0.29) is 18.0 Å². The number of nitrogens with one attached hydrogen (secondary N) is 2. The van der Waals surface area contributed by atoms with E-state index in [1.54, 1.807) is 19.2 Å². The van der Waals surface area contributed by atoms with E-state index in [4.69, 9.17) is 15.9 Å². The maximum Gasteiger partial charge on any atom is 0.282 e. The number of fused-ring (bicyclic) bond motifs is 5. The molecule has 0 fully saturated rings. The Bertz CT molecular complexity index is 1240. The molecule has 33 heavy (non-hydrogen) atoms. The highest BCUT2D eigenvalue weighted by Crippen LogP contribution is 2.34. The van der Waals surface area contributed by atoms with Crippen molar-refractivity contribution in [3.63, 3.8) is 0 Å². The number of allylic oxidation sites excluding steroid dienone is 1. The first-order valence-electron chi connectivity index (χ1n) is 10.4. The molecule has 0 saturated carbocycles. The normalized spacial score (nSPS) is 17.9. The quantitative estimate of drug-likeness (QED) is 0.499. The summed E-state index contributed by atoms with van der Waals surface area (Å²) in [5.74, 6) is -0.0782. The lowest BCUT2D eigenvalue weighted by Gasteiger charge is -2.23. The summed E-state index contributed by atoms with van der Waals surface area (Å²) < 4.78 is 48.8. The second-order valence-corrected chi connectivity index (χ2v) is 7.60. The Kier molecular flexibility index (Phi) is 6.08. The van der Waals surface area contributed by atoms with Crippen LogP contribution >= 0.6 is 0 Å². The first kappa shape index (κ1) is 22.4. The molecule has 2 bridgehead atoms. The van der Waals surface area contributed by atoms with Crippen LogP contribution in [0.3, 0.4) is 0 Å². The molecule has 172 valence electrons. The van der Waals surface area contributed by atoms with Gasteiger partial charge < -0.3 is 21.2 Å². The Hall–Kier alpha value is -3.82. The Morgan fingerprint density at radius 1 is 1.33 bits per heavy atom. The first-order chi connectivity index (χ1) is 15.8. The van der Waals surface area contributed by atoms with Crippen LogP contribution in [-0.4, -0.2) is 27.5 Å². The fraction of sp³-hybridized carbons (Fsp3) is 0.261. The van der Waals surface area contributed by atoms with Crippen molar-refractivity contribution < 1.29 is 17.9 Å². The number of nitrogen functional groups attached to an aromatic ring is 1. The summed E-state index contributed by atoms with van der Waals surface area (Å²) >= 11 is 0. The number of benzene rings is 1. The average Bonchev–Trinajstić information content (AvgIpc) is 3.21. The van der Waals surface area contributed by atoms with Gasteiger partial charge in [0.05, 0.1) is 5.69 Å². The summed E-state index contributed by atoms with van der Waals surface area (Å²) in [6.07, 6.45) is -0.658. The highest BCUT2D eigenvalue weighted by Gasteiger charge is 2.24. The standard InChI is InChI=1S/C23H23F3N6O/c1-3-29-21-13(10-27)6-16-9-18(22(25)26)31-32(16)19-5-4-15(24)8-17(19)12(2)33-20-7-14(21)11-30-23(20)28/h4-5,7-12,22,27,29H,3,6H2,1-2H3,(H2,28,30)/b21-13-,27-10?/t12-/m1/s1. The van der Waals surface area contributed by atoms with Crippen molar-refractivity contribution >= 4 is 17.7 Å². The number of rotatable bonds is 4. The van der Waals surface area contributed by atoms with Crippen LogP contribution in [0, 0.1) is 11.2 Å². The van der Waals surface area contributed by atoms with E-state index in [0.717, 1.165) is 6.21 Å². The second kappa shape index (κ2) is 8.97. The zero-order valence-electron chi connectivity index (χ0n) is 18.1. The van der Waals surface area contributed by atoms with E-state index in [9.17, 15) is 13.2 Å². The molecule has 1 aromatic carbocycles. The molecule has 0 unspecified atom stereocenters. The third-order valence-electron chi connectivity index (χ3n) is 5.38. The summed E-state index contributed by atoms with van der Waals surface area (Å²) in [4.78, 5) is 4.22. The van der Waals surface area contributed by atoms with Crippen molar-refractivity contribution in [1.29, 1.82) is 5.41 Å². The van der Waals surface area contributed by atoms with Crippen LogP contribution in [0.15, 0.2) is 42.1 Å². The molecule has 3 heterocycles. The Morgan fingerprint density at radius 2 is 2.12 bits per heavy atom. The average molecular weight is 456 g/mol. The van der Waals surface area contributed by atoms with E-state index in [1.807, 2.05) is 6.92 Å². The predicted molar refractivity (Wildman–Crippen MR) is 119 cm³/mol. The van der Waals surface area contributed by atoms with Crippen molar-refractivity contribution in [2.24, 2.45) is 0 Å². The summed E-state index contributed by atoms with van der Waals surface area (Å²) in [5, 5.41) is 15.4. The number of hydrogen-bond donors (Lipinski definition) is 3. The van der Waals surface area contributed by atoms with Crippen molar-refractivity contribution in [2.45, 2.75) is 32.8 Å². The smallest absolute Gasteiger partial charge is 0.282 e. The number of halogens is 3. The van der Waals surface area contributed by atoms with Crippen molar-refractivity contribution in [3.8, 4) is 11.4 Å². The van der Waals surface area contributed by atoms with Gasteiger partial charge in [0.1, 0.15) is 17.6 Å². The zero-order chi connectivity index (χ0) is 23.7. The summed E-state index contributed by atoms with van der Waals surface area (Å²) in [7, 11) is 0. The molecule has 1 aliphatic heterocycles. The SMILES string of the molecule is CCN/C1=C(\C=N)Cc2cc(C(F)F)nn2-c2ccc(F)cc2[C@@H](C)Oc2cc1cnc2N. The maximum atomic E-state index is 14.2. The molecule has 3 aromatic rings. The molecule has 4 N–H and O–H groups in total. The highest BCUT2D eigenvalue weighted by molar-refractivity contribution is 5.89. The van der Waals surface area contributed by atoms with Gasteiger partial charge in [0.2, 0.25) is 0 Å². The minimum absolute atomic E-state index is 0.122. The lowest BCUT2D eigenvalue weighted by atomic mass is 10.0. The molecule has 2 aromatic heterocycles. The van der Waals surface area contributed by atoms with Gasteiger partial charge >= 0.3 is 0 Å². The van der Waals surface area contributed by atoms with Crippen molar-refractivity contribution in [3.05, 3.63) is 70.4 Å². The maximum absolute atomic E-state index is 14.2. The molecule has 10 heteroatoms. The molecule has 1 atom stereocenters. The minimum Gasteiger partial charge on any atom is -0.482 e. The Labute approximate surface area is 188 Å². The molecule has 7 nitrogen and oxygen atoms in total. The van der Waals surface area contributed by atoms with Gasteiger partial charge in [-0.15, -0.1) is 0 Å². The topological polar surface area (TPSA) is 102 Å². The van der Waals surface area contributed by atoms with Gasteiger partial charge in [-0.3, -0.25) is 0 Å². The molecule has 0 aliphatic carbocycles. The van der Waals surface area contributed by atoms with E-state index in [0.29, 0.717) is 40.3 Å². The highest BCUT2D eigenvalue weighted by atomic mass is 19.3. The van der Waals surface area contributed by atoms with Crippen LogP contribution < -0.4 is 15.8 Å². The molecule has 4 rings (SSSR count). The molecule has 1 aliphatic rings. The molecular weight excluding hydrogens is 433 g/mol. The summed E-state index contributed by atoms with van der Waals surface area (Å²) in [5.41, 5.74) is 8.57. The monoisotopic (exact) mass is 456 g/mol. The van der Waals surface area contributed by atoms with E-state index in [2.05, 4.69) is 15.4 Å². The van der Waals surface area contributed by atoms with Gasteiger partial charge in [0.15, 0.2) is 11.6 Å². The largest absolute Gasteiger partial charge is 0.482 e. The fourth-order valence-corrected chi connectivity index (χ4v) is 3.85. The number of ether oxygens (including phenoxy) is 1. The first-order valence-corrected chi connectivity index (χ1v) is 10.4. The minimum atomic E-state index is -2.79. The van der Waals surface area contributed by atoms with Gasteiger partial charge in [0.25, 0.3) is 6.43 Å². The number of anilines is 1. The lowest BCUT2D eigenvalue weighted by Crippen LogP contribution is -2.18. The second-order valence-electron chi connectivity index (χ2n) is 7.60. The molecule has 0 spiro atoms. The molecule has 0 radical (unpaired) electrons. The van der Waals surface area contributed by atoms with Gasteiger partial charge in [-0.05, 0) is 49.8 Å². The van der Waals surface area contributed by atoms with Crippen molar-refractivity contribution in [1.82, 2.24) is 20.1 Å². The van der Waals surface area contributed by atoms with Gasteiger partial charge in [-0.1, -0.05) is 0 Å². The number of hydrogen-bond acceptors (Lipinski definition) is 6. The number of nitrogens with zero attached hydrogens (tertiary/aromatic N) is 3. The summed E-state index contributed by atoms with van der Waals surface area (Å²) in [6.45, 7) is 4.16. The lowest BCUT2D eigenvalue weighted by molar-refractivity contribution is 0.145. The number of pyridine rings is 1. The van der Waals surface area contributed by atoms with Crippen LogP contribution in [0.2, 0.25) is 0 Å². The zero-order valence-corrected chi connectivity index (χ0v) is 18.1. The Balaban J connectivity index is 2.04. The predicted octanol–water partition coefficient (Wildman–Crippen LogP) is 4.59. The third-order valence-corrected chi connectivity index (χ3v) is 5.38. The van der Waals surface area contributed by atoms with Gasteiger partial charge in [-0.25, -0.2) is 22.8 Å². The van der Waals surface area contributed by atoms with E-state index < -0.39 is 24.0 Å². The molecule has 0 amide bonds. The number of aromatic nitrogens is 3. The number of nitrogens with two attached hydrogens (primary N) is 1. The van der Waals surface area contributed by atoms with E-state index >= 15 is 0 Å². The van der Waals surface area contributed by atoms with Gasteiger partial charge in [-0.2, -0.15) is 5.10 Å². The molecule has 0 saturated heterocycles. The Morgan fingerprint density at radius 3 is 2.82 bits per heavy atom. The number of alkyl halides is 2.